The van der Waals surface area contributed by atoms with E-state index in [1.807, 2.05) is 18.5 Å². The Labute approximate surface area is 72.3 Å². The second-order valence-corrected chi connectivity index (χ2v) is 2.75. The fourth-order valence-electron chi connectivity index (χ4n) is 0.870. The van der Waals surface area contributed by atoms with Crippen LogP contribution in [0.5, 0.6) is 0 Å². The highest BCUT2D eigenvalue weighted by molar-refractivity contribution is 5.32. The van der Waals surface area contributed by atoms with Crippen LogP contribution in [0.2, 0.25) is 0 Å². The van der Waals surface area contributed by atoms with Crippen molar-refractivity contribution in [2.75, 3.05) is 11.9 Å². The van der Waals surface area contributed by atoms with E-state index in [0.29, 0.717) is 0 Å². The molecule has 0 saturated heterocycles. The smallest absolute Gasteiger partial charge is 0.145 e. The van der Waals surface area contributed by atoms with Crippen molar-refractivity contribution in [2.45, 2.75) is 20.4 Å². The molecule has 0 aliphatic carbocycles. The molecule has 0 atom stereocenters. The first kappa shape index (κ1) is 8.77. The predicted octanol–water partition coefficient (Wildman–Crippen LogP) is 1.29. The highest BCUT2D eigenvalue weighted by atomic mass is 15.4. The fraction of sp³-hybridized carbons (Fsp3) is 0.500. The monoisotopic (exact) mass is 166 g/mol. The lowest BCUT2D eigenvalue weighted by Crippen LogP contribution is -2.08. The van der Waals surface area contributed by atoms with E-state index in [1.54, 1.807) is 6.20 Å². The second kappa shape index (κ2) is 3.90. The Kier molecular flexibility index (Phi) is 2.85. The number of hydrogen-bond donors (Lipinski definition) is 1. The number of anilines is 1. The van der Waals surface area contributed by atoms with Gasteiger partial charge in [0.05, 0.1) is 6.20 Å². The summed E-state index contributed by atoms with van der Waals surface area (Å²) in [6.07, 6.45) is 1.71. The van der Waals surface area contributed by atoms with E-state index in [2.05, 4.69) is 22.2 Å². The zero-order valence-corrected chi connectivity index (χ0v) is 7.54. The van der Waals surface area contributed by atoms with Crippen molar-refractivity contribution in [1.29, 1.82) is 0 Å². The van der Waals surface area contributed by atoms with Gasteiger partial charge in [0.25, 0.3) is 0 Å². The molecular weight excluding hydrogens is 152 g/mol. The summed E-state index contributed by atoms with van der Waals surface area (Å²) in [4.78, 5) is 0. The summed E-state index contributed by atoms with van der Waals surface area (Å²) in [5, 5.41) is 10.9. The van der Waals surface area contributed by atoms with Crippen LogP contribution in [0, 0.1) is 0 Å². The lowest BCUT2D eigenvalue weighted by Gasteiger charge is -2.05. The third kappa shape index (κ3) is 2.08. The summed E-state index contributed by atoms with van der Waals surface area (Å²) in [5.41, 5.74) is 1.10. The zero-order chi connectivity index (χ0) is 8.97. The standard InChI is InChI=1S/C8H14N4/c1-4-12-8(6-10-11-12)9-5-7(2)3/h6,9H,2,4-5H2,1,3H3. The summed E-state index contributed by atoms with van der Waals surface area (Å²) in [6, 6.07) is 0. The summed E-state index contributed by atoms with van der Waals surface area (Å²) >= 11 is 0. The Balaban J connectivity index is 2.56. The summed E-state index contributed by atoms with van der Waals surface area (Å²) < 4.78 is 1.81. The summed E-state index contributed by atoms with van der Waals surface area (Å²) in [7, 11) is 0. The lowest BCUT2D eigenvalue weighted by molar-refractivity contribution is 0.631. The molecule has 4 heteroatoms. The van der Waals surface area contributed by atoms with Crippen molar-refractivity contribution >= 4 is 5.82 Å². The van der Waals surface area contributed by atoms with Crippen LogP contribution in [0.3, 0.4) is 0 Å². The Hall–Kier alpha value is -1.32. The maximum atomic E-state index is 3.89. The third-order valence-corrected chi connectivity index (χ3v) is 1.49. The van der Waals surface area contributed by atoms with E-state index in [4.69, 9.17) is 0 Å². The van der Waals surface area contributed by atoms with Crippen molar-refractivity contribution in [1.82, 2.24) is 15.0 Å². The Bertz CT molecular complexity index is 264. The van der Waals surface area contributed by atoms with Crippen LogP contribution in [-0.2, 0) is 6.54 Å². The first-order valence-electron chi connectivity index (χ1n) is 4.00. The van der Waals surface area contributed by atoms with Gasteiger partial charge < -0.3 is 5.32 Å². The Morgan fingerprint density at radius 2 is 2.50 bits per heavy atom. The number of nitrogens with zero attached hydrogens (tertiary/aromatic N) is 3. The molecule has 0 fully saturated rings. The topological polar surface area (TPSA) is 42.7 Å². The van der Waals surface area contributed by atoms with Gasteiger partial charge in [-0.3, -0.25) is 0 Å². The molecule has 0 unspecified atom stereocenters. The molecule has 1 heterocycles. The van der Waals surface area contributed by atoms with E-state index in [1.165, 1.54) is 0 Å². The van der Waals surface area contributed by atoms with Gasteiger partial charge >= 0.3 is 0 Å². The number of aromatic nitrogens is 3. The molecule has 0 radical (unpaired) electrons. The van der Waals surface area contributed by atoms with Crippen LogP contribution in [0.15, 0.2) is 18.3 Å². The molecule has 1 aromatic heterocycles. The Morgan fingerprint density at radius 1 is 1.75 bits per heavy atom. The number of hydrogen-bond acceptors (Lipinski definition) is 3. The van der Waals surface area contributed by atoms with Gasteiger partial charge in [0.1, 0.15) is 5.82 Å². The van der Waals surface area contributed by atoms with Gasteiger partial charge in [0, 0.05) is 13.1 Å². The quantitative estimate of drug-likeness (QED) is 0.685. The molecule has 0 aliphatic heterocycles. The lowest BCUT2D eigenvalue weighted by atomic mass is 10.3. The molecule has 1 N–H and O–H groups in total. The fourth-order valence-corrected chi connectivity index (χ4v) is 0.870. The molecule has 0 amide bonds. The molecule has 4 nitrogen and oxygen atoms in total. The van der Waals surface area contributed by atoms with Crippen LogP contribution < -0.4 is 5.32 Å². The van der Waals surface area contributed by atoms with Gasteiger partial charge in [-0.15, -0.1) is 5.10 Å². The Morgan fingerprint density at radius 3 is 3.08 bits per heavy atom. The molecule has 0 saturated carbocycles. The van der Waals surface area contributed by atoms with Gasteiger partial charge in [-0.25, -0.2) is 4.68 Å². The highest BCUT2D eigenvalue weighted by Crippen LogP contribution is 2.03. The first-order chi connectivity index (χ1) is 5.74. The van der Waals surface area contributed by atoms with Crippen LogP contribution in [0.1, 0.15) is 13.8 Å². The minimum Gasteiger partial charge on any atom is -0.365 e. The number of nitrogens with one attached hydrogen (secondary N) is 1. The summed E-state index contributed by atoms with van der Waals surface area (Å²) in [5.74, 6) is 0.945. The molecule has 0 bridgehead atoms. The third-order valence-electron chi connectivity index (χ3n) is 1.49. The number of rotatable bonds is 4. The van der Waals surface area contributed by atoms with Crippen molar-refractivity contribution in [3.8, 4) is 0 Å². The molecule has 0 aromatic carbocycles. The van der Waals surface area contributed by atoms with E-state index in [9.17, 15) is 0 Å². The molecule has 0 aliphatic rings. The molecule has 1 rings (SSSR count). The number of aryl methyl sites for hydroxylation is 1. The average molecular weight is 166 g/mol. The SMILES string of the molecule is C=C(C)CNc1cnnn1CC. The minimum atomic E-state index is 0.771. The average Bonchev–Trinajstić information content (AvgIpc) is 2.47. The second-order valence-electron chi connectivity index (χ2n) is 2.75. The summed E-state index contributed by atoms with van der Waals surface area (Å²) in [6.45, 7) is 9.41. The highest BCUT2D eigenvalue weighted by Gasteiger charge is 1.98. The zero-order valence-electron chi connectivity index (χ0n) is 7.54. The van der Waals surface area contributed by atoms with Gasteiger partial charge in [-0.05, 0) is 13.8 Å². The van der Waals surface area contributed by atoms with Crippen molar-refractivity contribution < 1.29 is 0 Å². The van der Waals surface area contributed by atoms with Crippen LogP contribution in [0.4, 0.5) is 5.82 Å². The van der Waals surface area contributed by atoms with Gasteiger partial charge in [0.2, 0.25) is 0 Å². The van der Waals surface area contributed by atoms with E-state index >= 15 is 0 Å². The molecule has 12 heavy (non-hydrogen) atoms. The van der Waals surface area contributed by atoms with E-state index in [0.717, 1.165) is 24.5 Å². The van der Waals surface area contributed by atoms with Gasteiger partial charge in [-0.1, -0.05) is 17.4 Å². The minimum absolute atomic E-state index is 0.771. The van der Waals surface area contributed by atoms with Crippen LogP contribution in [0.25, 0.3) is 0 Å². The first-order valence-corrected chi connectivity index (χ1v) is 4.00. The van der Waals surface area contributed by atoms with Crippen LogP contribution >= 0.6 is 0 Å². The van der Waals surface area contributed by atoms with Crippen molar-refractivity contribution in [3.05, 3.63) is 18.3 Å². The maximum Gasteiger partial charge on any atom is 0.145 e. The predicted molar refractivity (Wildman–Crippen MR) is 49.0 cm³/mol. The van der Waals surface area contributed by atoms with Crippen LogP contribution in [-0.4, -0.2) is 21.5 Å². The maximum absolute atomic E-state index is 3.89. The largest absolute Gasteiger partial charge is 0.365 e. The molecule has 66 valence electrons. The van der Waals surface area contributed by atoms with Crippen molar-refractivity contribution in [2.24, 2.45) is 0 Å². The molecular formula is C8H14N4. The van der Waals surface area contributed by atoms with Gasteiger partial charge in [-0.2, -0.15) is 0 Å². The molecule has 0 spiro atoms. The van der Waals surface area contributed by atoms with E-state index in [-0.39, 0.29) is 0 Å². The van der Waals surface area contributed by atoms with Crippen molar-refractivity contribution in [3.63, 3.8) is 0 Å². The normalized spacial score (nSPS) is 9.83. The van der Waals surface area contributed by atoms with Gasteiger partial charge in [0.15, 0.2) is 0 Å². The van der Waals surface area contributed by atoms with E-state index < -0.39 is 0 Å². The molecule has 1 aromatic rings.